The molecule has 1 aliphatic rings. The van der Waals surface area contributed by atoms with Crippen LogP contribution < -0.4 is 0 Å². The summed E-state index contributed by atoms with van der Waals surface area (Å²) in [7, 11) is 0. The van der Waals surface area contributed by atoms with Crippen LogP contribution in [0.3, 0.4) is 0 Å². The third-order valence-electron chi connectivity index (χ3n) is 3.95. The molecule has 1 saturated heterocycles. The van der Waals surface area contributed by atoms with E-state index in [-0.39, 0.29) is 17.2 Å². The van der Waals surface area contributed by atoms with E-state index in [1.807, 2.05) is 0 Å². The van der Waals surface area contributed by atoms with Gasteiger partial charge in [-0.15, -0.1) is 0 Å². The summed E-state index contributed by atoms with van der Waals surface area (Å²) in [5.74, 6) is -2.46. The number of carbonyl (C=O) groups is 2. The van der Waals surface area contributed by atoms with Crippen molar-refractivity contribution < 1.29 is 24.9 Å². The van der Waals surface area contributed by atoms with E-state index in [1.54, 1.807) is 4.90 Å². The van der Waals surface area contributed by atoms with Crippen LogP contribution in [0.2, 0.25) is 0 Å². The molecule has 1 aromatic carbocycles. The Morgan fingerprint density at radius 1 is 0.880 bits per heavy atom. The van der Waals surface area contributed by atoms with Crippen LogP contribution in [0.25, 0.3) is 0 Å². The third-order valence-corrected chi connectivity index (χ3v) is 3.95. The quantitative estimate of drug-likeness (QED) is 0.664. The molecule has 0 radical (unpaired) electrons. The predicted molar refractivity (Wildman–Crippen MR) is 85.3 cm³/mol. The zero-order valence-corrected chi connectivity index (χ0v) is 13.2. The van der Waals surface area contributed by atoms with E-state index in [2.05, 4.69) is 9.97 Å². The second-order valence-corrected chi connectivity index (χ2v) is 5.54. The van der Waals surface area contributed by atoms with Crippen LogP contribution in [0.1, 0.15) is 20.8 Å². The maximum atomic E-state index is 12.5. The Balaban J connectivity index is 1.66. The smallest absolute Gasteiger partial charge is 0.274 e. The molecular weight excluding hydrogens is 328 g/mol. The Bertz CT molecular complexity index is 780. The van der Waals surface area contributed by atoms with Gasteiger partial charge in [-0.3, -0.25) is 14.6 Å². The molecule has 9 heteroatoms. The largest absolute Gasteiger partial charge is 0.504 e. The predicted octanol–water partition coefficient (Wildman–Crippen LogP) is 0.192. The highest BCUT2D eigenvalue weighted by molar-refractivity contribution is 5.96. The van der Waals surface area contributed by atoms with E-state index in [0.717, 1.165) is 12.1 Å². The first kappa shape index (κ1) is 16.5. The van der Waals surface area contributed by atoms with Crippen LogP contribution in [0, 0.1) is 0 Å². The van der Waals surface area contributed by atoms with Crippen molar-refractivity contribution in [3.05, 3.63) is 42.0 Å². The molecular formula is C16H16N4O5. The first-order valence-electron chi connectivity index (χ1n) is 7.57. The Morgan fingerprint density at radius 2 is 1.44 bits per heavy atom. The van der Waals surface area contributed by atoms with Gasteiger partial charge < -0.3 is 25.1 Å². The lowest BCUT2D eigenvalue weighted by Crippen LogP contribution is -2.50. The lowest BCUT2D eigenvalue weighted by atomic mass is 10.1. The molecule has 0 saturated carbocycles. The number of aromatic nitrogens is 2. The summed E-state index contributed by atoms with van der Waals surface area (Å²) in [6.07, 6.45) is 4.31. The van der Waals surface area contributed by atoms with Gasteiger partial charge in [-0.05, 0) is 12.1 Å². The number of hydrogen-bond acceptors (Lipinski definition) is 7. The van der Waals surface area contributed by atoms with Gasteiger partial charge in [0.2, 0.25) is 0 Å². The molecule has 0 bridgehead atoms. The number of carbonyl (C=O) groups excluding carboxylic acids is 2. The maximum absolute atomic E-state index is 12.5. The third kappa shape index (κ3) is 3.30. The van der Waals surface area contributed by atoms with Crippen LogP contribution in [-0.2, 0) is 0 Å². The van der Waals surface area contributed by atoms with Crippen molar-refractivity contribution in [2.24, 2.45) is 0 Å². The highest BCUT2D eigenvalue weighted by Gasteiger charge is 2.27. The van der Waals surface area contributed by atoms with Crippen LogP contribution >= 0.6 is 0 Å². The van der Waals surface area contributed by atoms with Gasteiger partial charge in [-0.25, -0.2) is 4.98 Å². The molecule has 1 aromatic heterocycles. The normalized spacial score (nSPS) is 14.4. The van der Waals surface area contributed by atoms with E-state index < -0.39 is 23.2 Å². The molecule has 3 rings (SSSR count). The molecule has 1 aliphatic heterocycles. The number of hydrogen-bond donors (Lipinski definition) is 3. The van der Waals surface area contributed by atoms with Crippen molar-refractivity contribution in [3.8, 4) is 17.2 Å². The Labute approximate surface area is 142 Å². The minimum Gasteiger partial charge on any atom is -0.504 e. The number of nitrogens with zero attached hydrogens (tertiary/aromatic N) is 4. The molecule has 130 valence electrons. The van der Waals surface area contributed by atoms with E-state index in [0.29, 0.717) is 26.2 Å². The molecule has 25 heavy (non-hydrogen) atoms. The summed E-state index contributed by atoms with van der Waals surface area (Å²) in [4.78, 5) is 35.7. The molecule has 0 unspecified atom stereocenters. The zero-order chi connectivity index (χ0) is 18.0. The molecule has 2 heterocycles. The summed E-state index contributed by atoms with van der Waals surface area (Å²) in [5, 5.41) is 28.4. The van der Waals surface area contributed by atoms with Gasteiger partial charge in [0, 0.05) is 44.1 Å². The van der Waals surface area contributed by atoms with Crippen molar-refractivity contribution in [2.45, 2.75) is 0 Å². The average Bonchev–Trinajstić information content (AvgIpc) is 2.65. The van der Waals surface area contributed by atoms with Crippen LogP contribution in [0.4, 0.5) is 0 Å². The number of aromatic hydroxyl groups is 3. The van der Waals surface area contributed by atoms with Gasteiger partial charge in [-0.1, -0.05) is 0 Å². The molecule has 0 spiro atoms. The van der Waals surface area contributed by atoms with Crippen LogP contribution in [-0.4, -0.2) is 73.1 Å². The molecule has 1 fully saturated rings. The van der Waals surface area contributed by atoms with Crippen molar-refractivity contribution in [1.29, 1.82) is 0 Å². The Morgan fingerprint density at radius 3 is 1.96 bits per heavy atom. The summed E-state index contributed by atoms with van der Waals surface area (Å²) in [6.45, 7) is 1.26. The number of phenolic OH excluding ortho intramolecular Hbond substituents is 3. The fourth-order valence-corrected chi connectivity index (χ4v) is 2.59. The molecule has 9 nitrogen and oxygen atoms in total. The number of rotatable bonds is 2. The highest BCUT2D eigenvalue weighted by Crippen LogP contribution is 2.35. The summed E-state index contributed by atoms with van der Waals surface area (Å²) < 4.78 is 0. The van der Waals surface area contributed by atoms with E-state index >= 15 is 0 Å². The molecule has 0 aliphatic carbocycles. The summed E-state index contributed by atoms with van der Waals surface area (Å²) >= 11 is 0. The summed E-state index contributed by atoms with van der Waals surface area (Å²) in [5.41, 5.74) is 0.303. The number of amides is 2. The highest BCUT2D eigenvalue weighted by atomic mass is 16.3. The van der Waals surface area contributed by atoms with Gasteiger partial charge in [0.25, 0.3) is 11.8 Å². The van der Waals surface area contributed by atoms with Gasteiger partial charge in [0.15, 0.2) is 17.2 Å². The topological polar surface area (TPSA) is 127 Å². The van der Waals surface area contributed by atoms with Gasteiger partial charge in [0.1, 0.15) is 5.69 Å². The summed E-state index contributed by atoms with van der Waals surface area (Å²) in [6, 6.07) is 2.18. The van der Waals surface area contributed by atoms with E-state index in [1.165, 1.54) is 23.5 Å². The maximum Gasteiger partial charge on any atom is 0.274 e. The van der Waals surface area contributed by atoms with Crippen molar-refractivity contribution in [2.75, 3.05) is 26.2 Å². The fourth-order valence-electron chi connectivity index (χ4n) is 2.59. The average molecular weight is 344 g/mol. The van der Waals surface area contributed by atoms with Gasteiger partial charge >= 0.3 is 0 Å². The van der Waals surface area contributed by atoms with E-state index in [9.17, 15) is 24.9 Å². The monoisotopic (exact) mass is 344 g/mol. The molecule has 2 amide bonds. The fraction of sp³-hybridized carbons (Fsp3) is 0.250. The number of piperazine rings is 1. The first-order valence-corrected chi connectivity index (χ1v) is 7.57. The van der Waals surface area contributed by atoms with Crippen molar-refractivity contribution in [1.82, 2.24) is 19.8 Å². The van der Waals surface area contributed by atoms with Crippen LogP contribution in [0.15, 0.2) is 30.7 Å². The second kappa shape index (κ2) is 6.63. The van der Waals surface area contributed by atoms with Gasteiger partial charge in [-0.2, -0.15) is 0 Å². The van der Waals surface area contributed by atoms with E-state index in [4.69, 9.17) is 0 Å². The van der Waals surface area contributed by atoms with Crippen molar-refractivity contribution in [3.63, 3.8) is 0 Å². The lowest BCUT2D eigenvalue weighted by Gasteiger charge is -2.34. The second-order valence-electron chi connectivity index (χ2n) is 5.54. The number of phenols is 3. The first-order chi connectivity index (χ1) is 12.0. The van der Waals surface area contributed by atoms with Crippen LogP contribution in [0.5, 0.6) is 17.2 Å². The minimum absolute atomic E-state index is 0.0569. The van der Waals surface area contributed by atoms with Gasteiger partial charge in [0.05, 0.1) is 6.20 Å². The molecule has 0 atom stereocenters. The molecule has 3 N–H and O–H groups in total. The zero-order valence-electron chi connectivity index (χ0n) is 13.2. The Kier molecular flexibility index (Phi) is 4.38. The number of benzene rings is 1. The lowest BCUT2D eigenvalue weighted by molar-refractivity contribution is 0.0531. The molecule has 2 aromatic rings. The Hall–Kier alpha value is -3.36. The minimum atomic E-state index is -0.670. The SMILES string of the molecule is O=C(c1cc(O)c(O)c(O)c1)N1CCN(C(=O)c2cnccn2)CC1. The van der Waals surface area contributed by atoms with Crippen molar-refractivity contribution >= 4 is 11.8 Å². The standard InChI is InChI=1S/C16H16N4O5/c21-12-7-10(8-13(22)14(12)23)15(24)19-3-5-20(6-4-19)16(25)11-9-17-1-2-18-11/h1-2,7-9,21-23H,3-6H2.